The third-order valence-electron chi connectivity index (χ3n) is 3.26. The van der Waals surface area contributed by atoms with E-state index in [1.165, 1.54) is 11.1 Å². The Morgan fingerprint density at radius 2 is 1.90 bits per heavy atom. The first-order valence-electron chi connectivity index (χ1n) is 7.19. The second-order valence-corrected chi connectivity index (χ2v) is 6.42. The minimum Gasteiger partial charge on any atom is -0.355 e. The van der Waals surface area contributed by atoms with Crippen molar-refractivity contribution in [1.29, 1.82) is 0 Å². The fourth-order valence-corrected chi connectivity index (χ4v) is 2.43. The first kappa shape index (κ1) is 16.0. The number of nitrogens with zero attached hydrogens (tertiary/aromatic N) is 2. The third-order valence-corrected chi connectivity index (χ3v) is 3.79. The number of halogens is 1. The molecule has 1 N–H and O–H groups in total. The lowest BCUT2D eigenvalue weighted by atomic mass is 10.2. The molecule has 0 radical (unpaired) electrons. The molecule has 4 heteroatoms. The largest absolute Gasteiger partial charge is 0.355 e. The highest BCUT2D eigenvalue weighted by Crippen LogP contribution is 2.19. The van der Waals surface area contributed by atoms with Crippen molar-refractivity contribution in [3.63, 3.8) is 0 Å². The van der Waals surface area contributed by atoms with Gasteiger partial charge >= 0.3 is 0 Å². The second kappa shape index (κ2) is 7.57. The molecule has 0 unspecified atom stereocenters. The molecule has 2 aromatic rings. The molecular formula is C17H22BrN3. The molecule has 0 bridgehead atoms. The molecule has 2 rings (SSSR count). The van der Waals surface area contributed by atoms with Gasteiger partial charge in [0.25, 0.3) is 0 Å². The SMILES string of the molecule is CC(C)NCc1cccnc1N(C)Cc1ccc(Br)cc1. The van der Waals surface area contributed by atoms with Crippen LogP contribution in [0.15, 0.2) is 47.1 Å². The van der Waals surface area contributed by atoms with Crippen molar-refractivity contribution in [3.05, 3.63) is 58.2 Å². The second-order valence-electron chi connectivity index (χ2n) is 5.50. The molecule has 1 aromatic carbocycles. The van der Waals surface area contributed by atoms with E-state index in [1.807, 2.05) is 12.3 Å². The lowest BCUT2D eigenvalue weighted by molar-refractivity contribution is 0.587. The predicted octanol–water partition coefficient (Wildman–Crippen LogP) is 3.98. The van der Waals surface area contributed by atoms with Crippen molar-refractivity contribution in [1.82, 2.24) is 10.3 Å². The maximum Gasteiger partial charge on any atom is 0.133 e. The van der Waals surface area contributed by atoms with Crippen LogP contribution in [-0.2, 0) is 13.1 Å². The smallest absolute Gasteiger partial charge is 0.133 e. The summed E-state index contributed by atoms with van der Waals surface area (Å²) in [5.41, 5.74) is 2.50. The van der Waals surface area contributed by atoms with E-state index >= 15 is 0 Å². The zero-order valence-corrected chi connectivity index (χ0v) is 14.4. The van der Waals surface area contributed by atoms with Crippen LogP contribution >= 0.6 is 15.9 Å². The van der Waals surface area contributed by atoms with Gasteiger partial charge in [-0.1, -0.05) is 48.0 Å². The number of hydrogen-bond donors (Lipinski definition) is 1. The predicted molar refractivity (Wildman–Crippen MR) is 92.5 cm³/mol. The number of benzene rings is 1. The Kier molecular flexibility index (Phi) is 5.76. The molecule has 1 heterocycles. The van der Waals surface area contributed by atoms with Gasteiger partial charge in [-0.25, -0.2) is 4.98 Å². The van der Waals surface area contributed by atoms with Crippen LogP contribution in [0.1, 0.15) is 25.0 Å². The summed E-state index contributed by atoms with van der Waals surface area (Å²) in [6.45, 7) is 5.99. The summed E-state index contributed by atoms with van der Waals surface area (Å²) < 4.78 is 1.11. The Labute approximate surface area is 135 Å². The van der Waals surface area contributed by atoms with Gasteiger partial charge in [-0.2, -0.15) is 0 Å². The Hall–Kier alpha value is -1.39. The van der Waals surface area contributed by atoms with E-state index in [4.69, 9.17) is 0 Å². The number of rotatable bonds is 6. The lowest BCUT2D eigenvalue weighted by Crippen LogP contribution is -2.25. The van der Waals surface area contributed by atoms with Crippen molar-refractivity contribution in [3.8, 4) is 0 Å². The van der Waals surface area contributed by atoms with Crippen LogP contribution < -0.4 is 10.2 Å². The molecule has 0 aliphatic rings. The summed E-state index contributed by atoms with van der Waals surface area (Å²) >= 11 is 3.47. The molecule has 1 aromatic heterocycles. The molecule has 112 valence electrons. The summed E-state index contributed by atoms with van der Waals surface area (Å²) in [6.07, 6.45) is 1.85. The average Bonchev–Trinajstić information content (AvgIpc) is 2.47. The summed E-state index contributed by atoms with van der Waals surface area (Å²) in [7, 11) is 2.09. The first-order valence-corrected chi connectivity index (χ1v) is 7.98. The van der Waals surface area contributed by atoms with Crippen molar-refractivity contribution in [2.75, 3.05) is 11.9 Å². The molecule has 0 aliphatic heterocycles. The zero-order chi connectivity index (χ0) is 15.2. The number of pyridine rings is 1. The third kappa shape index (κ3) is 4.83. The molecule has 0 saturated heterocycles. The minimum atomic E-state index is 0.467. The Balaban J connectivity index is 2.11. The maximum absolute atomic E-state index is 4.55. The van der Waals surface area contributed by atoms with E-state index < -0.39 is 0 Å². The van der Waals surface area contributed by atoms with Crippen LogP contribution in [0, 0.1) is 0 Å². The van der Waals surface area contributed by atoms with Crippen LogP contribution in [0.25, 0.3) is 0 Å². The molecular weight excluding hydrogens is 326 g/mol. The Bertz CT molecular complexity index is 567. The zero-order valence-electron chi connectivity index (χ0n) is 12.8. The maximum atomic E-state index is 4.55. The minimum absolute atomic E-state index is 0.467. The molecule has 0 atom stereocenters. The first-order chi connectivity index (χ1) is 10.1. The summed E-state index contributed by atoms with van der Waals surface area (Å²) in [5, 5.41) is 3.46. The van der Waals surface area contributed by atoms with Gasteiger partial charge in [0.2, 0.25) is 0 Å². The summed E-state index contributed by atoms with van der Waals surface area (Å²) in [6, 6.07) is 13.0. The molecule has 0 saturated carbocycles. The van der Waals surface area contributed by atoms with Gasteiger partial charge in [0.05, 0.1) is 0 Å². The van der Waals surface area contributed by atoms with Crippen molar-refractivity contribution >= 4 is 21.7 Å². The highest BCUT2D eigenvalue weighted by molar-refractivity contribution is 9.10. The van der Waals surface area contributed by atoms with Gasteiger partial charge in [0, 0.05) is 42.4 Å². The number of anilines is 1. The molecule has 0 aliphatic carbocycles. The van der Waals surface area contributed by atoms with Crippen LogP contribution in [0.2, 0.25) is 0 Å². The van der Waals surface area contributed by atoms with Crippen LogP contribution in [0.3, 0.4) is 0 Å². The van der Waals surface area contributed by atoms with E-state index in [9.17, 15) is 0 Å². The highest BCUT2D eigenvalue weighted by atomic mass is 79.9. The number of aromatic nitrogens is 1. The number of nitrogens with one attached hydrogen (secondary N) is 1. The molecule has 0 fully saturated rings. The monoisotopic (exact) mass is 347 g/mol. The fourth-order valence-electron chi connectivity index (χ4n) is 2.16. The molecule has 3 nitrogen and oxygen atoms in total. The van der Waals surface area contributed by atoms with E-state index in [0.29, 0.717) is 6.04 Å². The highest BCUT2D eigenvalue weighted by Gasteiger charge is 2.09. The van der Waals surface area contributed by atoms with E-state index in [0.717, 1.165) is 23.4 Å². The summed E-state index contributed by atoms with van der Waals surface area (Å²) in [4.78, 5) is 6.74. The van der Waals surface area contributed by atoms with Crippen molar-refractivity contribution in [2.24, 2.45) is 0 Å². The molecule has 21 heavy (non-hydrogen) atoms. The molecule has 0 spiro atoms. The summed E-state index contributed by atoms with van der Waals surface area (Å²) in [5.74, 6) is 1.04. The topological polar surface area (TPSA) is 28.2 Å². The fraction of sp³-hybridized carbons (Fsp3) is 0.353. The quantitative estimate of drug-likeness (QED) is 0.856. The van der Waals surface area contributed by atoms with Gasteiger partial charge < -0.3 is 10.2 Å². The van der Waals surface area contributed by atoms with E-state index in [1.54, 1.807) is 0 Å². The van der Waals surface area contributed by atoms with Crippen molar-refractivity contribution in [2.45, 2.75) is 33.0 Å². The average molecular weight is 348 g/mol. The Morgan fingerprint density at radius 1 is 1.19 bits per heavy atom. The van der Waals surface area contributed by atoms with Gasteiger partial charge in [-0.15, -0.1) is 0 Å². The normalized spacial score (nSPS) is 10.9. The van der Waals surface area contributed by atoms with Gasteiger partial charge in [0.15, 0.2) is 0 Å². The van der Waals surface area contributed by atoms with E-state index in [2.05, 4.69) is 82.4 Å². The number of hydrogen-bond acceptors (Lipinski definition) is 3. The van der Waals surface area contributed by atoms with Crippen LogP contribution in [-0.4, -0.2) is 18.1 Å². The van der Waals surface area contributed by atoms with Crippen molar-refractivity contribution < 1.29 is 0 Å². The Morgan fingerprint density at radius 3 is 2.57 bits per heavy atom. The molecule has 0 amide bonds. The van der Waals surface area contributed by atoms with Crippen LogP contribution in [0.5, 0.6) is 0 Å². The lowest BCUT2D eigenvalue weighted by Gasteiger charge is -2.22. The van der Waals surface area contributed by atoms with Gasteiger partial charge in [-0.05, 0) is 23.8 Å². The van der Waals surface area contributed by atoms with Gasteiger partial charge in [-0.3, -0.25) is 0 Å². The van der Waals surface area contributed by atoms with E-state index in [-0.39, 0.29) is 0 Å². The van der Waals surface area contributed by atoms with Gasteiger partial charge in [0.1, 0.15) is 5.82 Å². The standard InChI is InChI=1S/C17H22BrN3/c1-13(2)20-11-15-5-4-10-19-17(15)21(3)12-14-6-8-16(18)9-7-14/h4-10,13,20H,11-12H2,1-3H3. The van der Waals surface area contributed by atoms with Crippen LogP contribution in [0.4, 0.5) is 5.82 Å².